The first-order valence-electron chi connectivity index (χ1n) is 7.05. The Morgan fingerprint density at radius 1 is 1.55 bits per heavy atom. The molecule has 3 rings (SSSR count). The first-order valence-corrected chi connectivity index (χ1v) is 7.86. The van der Waals surface area contributed by atoms with E-state index in [0.29, 0.717) is 16.0 Å². The minimum Gasteiger partial charge on any atom is -0.382 e. The van der Waals surface area contributed by atoms with E-state index in [1.807, 2.05) is 19.9 Å². The van der Waals surface area contributed by atoms with Gasteiger partial charge in [0.1, 0.15) is 10.5 Å². The Bertz CT molecular complexity index is 876. The van der Waals surface area contributed by atoms with Crippen LogP contribution in [0.4, 0.5) is 0 Å². The highest BCUT2D eigenvalue weighted by molar-refractivity contribution is 7.22. The highest BCUT2D eigenvalue weighted by Gasteiger charge is 2.16. The van der Waals surface area contributed by atoms with Gasteiger partial charge in [-0.25, -0.2) is 4.98 Å². The molecule has 114 valence electrons. The van der Waals surface area contributed by atoms with Crippen LogP contribution >= 0.6 is 11.3 Å². The van der Waals surface area contributed by atoms with Crippen LogP contribution in [0.5, 0.6) is 0 Å². The average Bonchev–Trinajstić information content (AvgIpc) is 3.10. The first-order chi connectivity index (χ1) is 10.6. The Morgan fingerprint density at radius 3 is 3.00 bits per heavy atom. The lowest BCUT2D eigenvalue weighted by atomic mass is 10.2. The number of hydrogen-bond acceptors (Lipinski definition) is 5. The standard InChI is InChI=1S/C15H17N5OS/c1-4-10(16-5-2)14-18-11-6-12(9-7-17-20-8(9)3)22-13(11)15(21)19-14/h5-7,10,16H,2,4H2,1,3H3,(H,17,20)(H,18,19,21). The molecule has 3 N–H and O–H groups in total. The normalized spacial score (nSPS) is 12.5. The molecule has 22 heavy (non-hydrogen) atoms. The van der Waals surface area contributed by atoms with Crippen LogP contribution in [0.2, 0.25) is 0 Å². The van der Waals surface area contributed by atoms with Crippen molar-refractivity contribution in [2.75, 3.05) is 0 Å². The largest absolute Gasteiger partial charge is 0.382 e. The third-order valence-electron chi connectivity index (χ3n) is 3.55. The zero-order valence-corrected chi connectivity index (χ0v) is 13.3. The third-order valence-corrected chi connectivity index (χ3v) is 4.71. The van der Waals surface area contributed by atoms with Gasteiger partial charge in [-0.05, 0) is 25.6 Å². The molecule has 1 unspecified atom stereocenters. The average molecular weight is 315 g/mol. The van der Waals surface area contributed by atoms with Crippen molar-refractivity contribution in [3.63, 3.8) is 0 Å². The van der Waals surface area contributed by atoms with Gasteiger partial charge < -0.3 is 10.3 Å². The highest BCUT2D eigenvalue weighted by Crippen LogP contribution is 2.32. The number of aromatic nitrogens is 4. The van der Waals surface area contributed by atoms with E-state index in [1.165, 1.54) is 11.3 Å². The zero-order chi connectivity index (χ0) is 15.7. The van der Waals surface area contributed by atoms with Gasteiger partial charge in [-0.1, -0.05) is 13.5 Å². The van der Waals surface area contributed by atoms with Gasteiger partial charge in [-0.2, -0.15) is 5.10 Å². The fourth-order valence-electron chi connectivity index (χ4n) is 2.39. The molecular weight excluding hydrogens is 298 g/mol. The van der Waals surface area contributed by atoms with Crippen LogP contribution in [-0.2, 0) is 0 Å². The van der Waals surface area contributed by atoms with Crippen LogP contribution in [0.15, 0.2) is 29.8 Å². The van der Waals surface area contributed by atoms with Crippen molar-refractivity contribution in [3.05, 3.63) is 46.9 Å². The molecular formula is C15H17N5OS. The number of hydrogen-bond donors (Lipinski definition) is 3. The highest BCUT2D eigenvalue weighted by atomic mass is 32.1. The lowest BCUT2D eigenvalue weighted by molar-refractivity contribution is 0.568. The smallest absolute Gasteiger partial charge is 0.268 e. The summed E-state index contributed by atoms with van der Waals surface area (Å²) in [4.78, 5) is 20.8. The molecule has 1 atom stereocenters. The quantitative estimate of drug-likeness (QED) is 0.675. The van der Waals surface area contributed by atoms with E-state index in [4.69, 9.17) is 0 Å². The van der Waals surface area contributed by atoms with Gasteiger partial charge in [-0.3, -0.25) is 9.89 Å². The summed E-state index contributed by atoms with van der Waals surface area (Å²) >= 11 is 1.43. The lowest BCUT2D eigenvalue weighted by Crippen LogP contribution is -2.21. The molecule has 6 nitrogen and oxygen atoms in total. The number of thiophene rings is 1. The van der Waals surface area contributed by atoms with Crippen molar-refractivity contribution in [3.8, 4) is 10.4 Å². The molecule has 3 heterocycles. The van der Waals surface area contributed by atoms with Gasteiger partial charge in [-0.15, -0.1) is 11.3 Å². The molecule has 0 saturated carbocycles. The molecule has 3 aromatic heterocycles. The third kappa shape index (κ3) is 2.43. The van der Waals surface area contributed by atoms with E-state index >= 15 is 0 Å². The Hall–Kier alpha value is -2.41. The van der Waals surface area contributed by atoms with Gasteiger partial charge in [0.25, 0.3) is 5.56 Å². The van der Waals surface area contributed by atoms with E-state index < -0.39 is 0 Å². The number of H-pyrrole nitrogens is 2. The molecule has 0 aliphatic rings. The second-order valence-corrected chi connectivity index (χ2v) is 6.07. The number of nitrogens with one attached hydrogen (secondary N) is 3. The molecule has 3 aromatic rings. The van der Waals surface area contributed by atoms with E-state index in [0.717, 1.165) is 22.6 Å². The summed E-state index contributed by atoms with van der Waals surface area (Å²) < 4.78 is 0.632. The summed E-state index contributed by atoms with van der Waals surface area (Å²) in [5, 5.41) is 10.0. The molecule has 0 aliphatic heterocycles. The Balaban J connectivity index is 2.13. The molecule has 7 heteroatoms. The van der Waals surface area contributed by atoms with Crippen molar-refractivity contribution in [1.29, 1.82) is 0 Å². The zero-order valence-electron chi connectivity index (χ0n) is 12.4. The van der Waals surface area contributed by atoms with Gasteiger partial charge in [0, 0.05) is 16.1 Å². The second-order valence-electron chi connectivity index (χ2n) is 5.02. The SMILES string of the molecule is C=CNC(CC)c1nc2cc(-c3cn[nH]c3C)sc2c(=O)[nH]1. The Morgan fingerprint density at radius 2 is 2.36 bits per heavy atom. The second kappa shape index (κ2) is 5.76. The summed E-state index contributed by atoms with van der Waals surface area (Å²) in [6, 6.07) is 1.89. The lowest BCUT2D eigenvalue weighted by Gasteiger charge is -2.13. The van der Waals surface area contributed by atoms with Crippen LogP contribution < -0.4 is 10.9 Å². The van der Waals surface area contributed by atoms with Crippen LogP contribution in [0.3, 0.4) is 0 Å². The molecule has 0 amide bonds. The van der Waals surface area contributed by atoms with Crippen molar-refractivity contribution < 1.29 is 0 Å². The van der Waals surface area contributed by atoms with E-state index in [-0.39, 0.29) is 11.6 Å². The maximum atomic E-state index is 12.3. The van der Waals surface area contributed by atoms with Crippen molar-refractivity contribution in [2.45, 2.75) is 26.3 Å². The number of nitrogens with zero attached hydrogens (tertiary/aromatic N) is 2. The Kier molecular flexibility index (Phi) is 3.81. The predicted molar refractivity (Wildman–Crippen MR) is 88.9 cm³/mol. The maximum absolute atomic E-state index is 12.3. The van der Waals surface area contributed by atoms with Crippen molar-refractivity contribution in [2.24, 2.45) is 0 Å². The number of aryl methyl sites for hydroxylation is 1. The molecule has 0 spiro atoms. The summed E-state index contributed by atoms with van der Waals surface area (Å²) in [6.45, 7) is 7.65. The Labute approximate surface area is 131 Å². The topological polar surface area (TPSA) is 86.5 Å². The summed E-state index contributed by atoms with van der Waals surface area (Å²) in [7, 11) is 0. The van der Waals surface area contributed by atoms with Crippen molar-refractivity contribution >= 4 is 21.6 Å². The fourth-order valence-corrected chi connectivity index (χ4v) is 3.45. The van der Waals surface area contributed by atoms with Gasteiger partial charge >= 0.3 is 0 Å². The molecule has 0 aromatic carbocycles. The monoisotopic (exact) mass is 315 g/mol. The molecule has 0 radical (unpaired) electrons. The van der Waals surface area contributed by atoms with E-state index in [1.54, 1.807) is 12.4 Å². The maximum Gasteiger partial charge on any atom is 0.268 e. The summed E-state index contributed by atoms with van der Waals surface area (Å²) in [5.74, 6) is 0.633. The van der Waals surface area contributed by atoms with Crippen LogP contribution in [0, 0.1) is 6.92 Å². The van der Waals surface area contributed by atoms with E-state index in [9.17, 15) is 4.79 Å². The van der Waals surface area contributed by atoms with E-state index in [2.05, 4.69) is 32.1 Å². The fraction of sp³-hybridized carbons (Fsp3) is 0.267. The van der Waals surface area contributed by atoms with Gasteiger partial charge in [0.2, 0.25) is 0 Å². The van der Waals surface area contributed by atoms with Crippen LogP contribution in [0.1, 0.15) is 30.9 Å². The minimum atomic E-state index is -0.110. The minimum absolute atomic E-state index is 0.0476. The van der Waals surface area contributed by atoms with Crippen molar-refractivity contribution in [1.82, 2.24) is 25.5 Å². The van der Waals surface area contributed by atoms with Crippen LogP contribution in [0.25, 0.3) is 20.7 Å². The summed E-state index contributed by atoms with van der Waals surface area (Å²) in [5.41, 5.74) is 2.58. The summed E-state index contributed by atoms with van der Waals surface area (Å²) in [6.07, 6.45) is 4.19. The number of fused-ring (bicyclic) bond motifs is 1. The number of rotatable bonds is 5. The predicted octanol–water partition coefficient (Wildman–Crippen LogP) is 2.87. The molecule has 0 bridgehead atoms. The van der Waals surface area contributed by atoms with Gasteiger partial charge in [0.05, 0.1) is 17.8 Å². The molecule has 0 saturated heterocycles. The molecule has 0 fully saturated rings. The first kappa shape index (κ1) is 14.5. The molecule has 0 aliphatic carbocycles. The van der Waals surface area contributed by atoms with Crippen LogP contribution in [-0.4, -0.2) is 20.2 Å². The number of aromatic amines is 2. The van der Waals surface area contributed by atoms with Gasteiger partial charge in [0.15, 0.2) is 0 Å².